The Morgan fingerprint density at radius 3 is 2.06 bits per heavy atom. The highest BCUT2D eigenvalue weighted by molar-refractivity contribution is 5.37. The van der Waals surface area contributed by atoms with E-state index < -0.39 is 0 Å². The van der Waals surface area contributed by atoms with E-state index in [9.17, 15) is 0 Å². The number of nitrogens with two attached hydrogens (primary N) is 1. The largest absolute Gasteiger partial charge is 0.330 e. The van der Waals surface area contributed by atoms with Crippen molar-refractivity contribution < 1.29 is 0 Å². The van der Waals surface area contributed by atoms with Crippen molar-refractivity contribution >= 4 is 0 Å². The molecule has 1 fully saturated rings. The lowest BCUT2D eigenvalue weighted by atomic mass is 9.84. The Bertz CT molecular complexity index is 367. The number of hydrogen-bond donors (Lipinski definition) is 1. The lowest BCUT2D eigenvalue weighted by molar-refractivity contribution is 0.587. The predicted octanol–water partition coefficient (Wildman–Crippen LogP) is 3.22. The summed E-state index contributed by atoms with van der Waals surface area (Å²) in [6.45, 7) is 9.83. The van der Waals surface area contributed by atoms with Gasteiger partial charge in [0, 0.05) is 12.0 Å². The fraction of sp³-hybridized carbons (Fsp3) is 0.600. The lowest BCUT2D eigenvalue weighted by Gasteiger charge is -2.21. The van der Waals surface area contributed by atoms with Crippen LogP contribution in [0.5, 0.6) is 0 Å². The van der Waals surface area contributed by atoms with Crippen molar-refractivity contribution in [3.05, 3.63) is 35.4 Å². The first-order valence-corrected chi connectivity index (χ1v) is 6.21. The fourth-order valence-electron chi connectivity index (χ4n) is 2.59. The monoisotopic (exact) mass is 217 g/mol. The number of benzene rings is 1. The van der Waals surface area contributed by atoms with E-state index in [1.165, 1.54) is 17.5 Å². The average Bonchev–Trinajstić information content (AvgIpc) is 2.90. The zero-order chi connectivity index (χ0) is 12.0. The van der Waals surface area contributed by atoms with Gasteiger partial charge in [-0.05, 0) is 28.9 Å². The van der Waals surface area contributed by atoms with Crippen molar-refractivity contribution in [1.82, 2.24) is 0 Å². The van der Waals surface area contributed by atoms with E-state index in [0.717, 1.165) is 12.5 Å². The summed E-state index contributed by atoms with van der Waals surface area (Å²) < 4.78 is 0. The first kappa shape index (κ1) is 11.7. The Morgan fingerprint density at radius 1 is 1.25 bits per heavy atom. The van der Waals surface area contributed by atoms with Gasteiger partial charge in [-0.2, -0.15) is 0 Å². The summed E-state index contributed by atoms with van der Waals surface area (Å²) in [5.41, 5.74) is 9.27. The maximum absolute atomic E-state index is 5.92. The molecular formula is C15H23N. The molecule has 0 spiro atoms. The average molecular weight is 217 g/mol. The summed E-state index contributed by atoms with van der Waals surface area (Å²) in [4.78, 5) is 0. The molecular weight excluding hydrogens is 194 g/mol. The summed E-state index contributed by atoms with van der Waals surface area (Å²) in [5, 5.41) is 0. The van der Waals surface area contributed by atoms with E-state index >= 15 is 0 Å². The van der Waals surface area contributed by atoms with Crippen LogP contribution in [0.1, 0.15) is 45.2 Å². The van der Waals surface area contributed by atoms with Gasteiger partial charge in [0.1, 0.15) is 0 Å². The predicted molar refractivity (Wildman–Crippen MR) is 69.7 cm³/mol. The molecule has 0 amide bonds. The molecule has 1 aliphatic carbocycles. The highest BCUT2D eigenvalue weighted by atomic mass is 14.7. The van der Waals surface area contributed by atoms with E-state index in [-0.39, 0.29) is 10.8 Å². The second kappa shape index (κ2) is 3.59. The molecule has 88 valence electrons. The van der Waals surface area contributed by atoms with Crippen molar-refractivity contribution in [2.24, 2.45) is 11.7 Å². The smallest absolute Gasteiger partial charge is 0.0104 e. The molecule has 2 atom stereocenters. The van der Waals surface area contributed by atoms with Crippen LogP contribution in [-0.2, 0) is 10.8 Å². The molecule has 0 radical (unpaired) electrons. The van der Waals surface area contributed by atoms with Crippen LogP contribution in [0.15, 0.2) is 24.3 Å². The Balaban J connectivity index is 2.27. The lowest BCUT2D eigenvalue weighted by Crippen LogP contribution is -2.22. The zero-order valence-electron chi connectivity index (χ0n) is 10.9. The van der Waals surface area contributed by atoms with E-state index in [2.05, 4.69) is 52.0 Å². The van der Waals surface area contributed by atoms with Crippen LogP contribution in [-0.4, -0.2) is 6.54 Å². The maximum Gasteiger partial charge on any atom is 0.0104 e. The number of hydrogen-bond acceptors (Lipinski definition) is 1. The van der Waals surface area contributed by atoms with Gasteiger partial charge in [0.2, 0.25) is 0 Å². The van der Waals surface area contributed by atoms with Crippen LogP contribution in [0.25, 0.3) is 0 Å². The molecule has 0 aliphatic heterocycles. The molecule has 16 heavy (non-hydrogen) atoms. The van der Waals surface area contributed by atoms with Gasteiger partial charge in [0.05, 0.1) is 0 Å². The van der Waals surface area contributed by atoms with Gasteiger partial charge in [0.25, 0.3) is 0 Å². The minimum absolute atomic E-state index is 0.240. The molecule has 0 bridgehead atoms. The molecule has 2 unspecified atom stereocenters. The Hall–Kier alpha value is -0.820. The van der Waals surface area contributed by atoms with Gasteiger partial charge in [-0.25, -0.2) is 0 Å². The minimum atomic E-state index is 0.240. The fourth-order valence-corrected chi connectivity index (χ4v) is 2.59. The van der Waals surface area contributed by atoms with Gasteiger partial charge >= 0.3 is 0 Å². The molecule has 0 saturated heterocycles. The van der Waals surface area contributed by atoms with Crippen LogP contribution < -0.4 is 5.73 Å². The van der Waals surface area contributed by atoms with Crippen molar-refractivity contribution in [2.45, 2.75) is 44.9 Å². The molecule has 2 rings (SSSR count). The first-order valence-electron chi connectivity index (χ1n) is 6.21. The normalized spacial score (nSPS) is 29.2. The van der Waals surface area contributed by atoms with Crippen LogP contribution in [0.4, 0.5) is 0 Å². The quantitative estimate of drug-likeness (QED) is 0.808. The summed E-state index contributed by atoms with van der Waals surface area (Å²) >= 11 is 0. The van der Waals surface area contributed by atoms with Gasteiger partial charge < -0.3 is 5.73 Å². The zero-order valence-corrected chi connectivity index (χ0v) is 10.9. The second-order valence-electron chi connectivity index (χ2n) is 6.29. The van der Waals surface area contributed by atoms with Gasteiger partial charge in [0.15, 0.2) is 0 Å². The summed E-state index contributed by atoms with van der Waals surface area (Å²) in [7, 11) is 0. The Kier molecular flexibility index (Phi) is 2.62. The molecule has 0 heterocycles. The maximum atomic E-state index is 5.92. The van der Waals surface area contributed by atoms with Crippen LogP contribution in [0.2, 0.25) is 0 Å². The van der Waals surface area contributed by atoms with Crippen molar-refractivity contribution in [3.8, 4) is 0 Å². The van der Waals surface area contributed by atoms with E-state index in [0.29, 0.717) is 0 Å². The molecule has 0 aromatic heterocycles. The third-order valence-electron chi connectivity index (χ3n) is 4.14. The highest BCUT2D eigenvalue weighted by Gasteiger charge is 2.50. The standard InChI is InChI=1S/C15H23N/c1-11-9-15(11,10-16)13-7-5-12(6-8-13)14(2,3)4/h5-8,11H,9-10,16H2,1-4H3. The van der Waals surface area contributed by atoms with Crippen molar-refractivity contribution in [1.29, 1.82) is 0 Å². The van der Waals surface area contributed by atoms with E-state index in [4.69, 9.17) is 5.73 Å². The minimum Gasteiger partial charge on any atom is -0.330 e. The second-order valence-corrected chi connectivity index (χ2v) is 6.29. The van der Waals surface area contributed by atoms with Crippen molar-refractivity contribution in [3.63, 3.8) is 0 Å². The number of rotatable bonds is 2. The van der Waals surface area contributed by atoms with E-state index in [1.54, 1.807) is 0 Å². The van der Waals surface area contributed by atoms with Gasteiger partial charge in [-0.1, -0.05) is 52.0 Å². The topological polar surface area (TPSA) is 26.0 Å². The van der Waals surface area contributed by atoms with Crippen LogP contribution in [0.3, 0.4) is 0 Å². The third kappa shape index (κ3) is 1.78. The summed E-state index contributed by atoms with van der Waals surface area (Å²) in [6, 6.07) is 9.07. The van der Waals surface area contributed by atoms with Gasteiger partial charge in [-0.3, -0.25) is 0 Å². The van der Waals surface area contributed by atoms with E-state index in [1.807, 2.05) is 0 Å². The molecule has 2 N–H and O–H groups in total. The molecule has 1 heteroatoms. The highest BCUT2D eigenvalue weighted by Crippen LogP contribution is 2.53. The molecule has 1 nitrogen and oxygen atoms in total. The summed E-state index contributed by atoms with van der Waals surface area (Å²) in [5.74, 6) is 0.748. The SMILES string of the molecule is CC1CC1(CN)c1ccc(C(C)(C)C)cc1. The Morgan fingerprint density at radius 2 is 1.75 bits per heavy atom. The summed E-state index contributed by atoms with van der Waals surface area (Å²) in [6.07, 6.45) is 1.25. The molecule has 1 saturated carbocycles. The molecule has 1 aliphatic rings. The Labute approximate surface area is 99.0 Å². The first-order chi connectivity index (χ1) is 7.40. The molecule has 1 aromatic rings. The van der Waals surface area contributed by atoms with Crippen molar-refractivity contribution in [2.75, 3.05) is 6.54 Å². The third-order valence-corrected chi connectivity index (χ3v) is 4.14. The van der Waals surface area contributed by atoms with Gasteiger partial charge in [-0.15, -0.1) is 0 Å². The van der Waals surface area contributed by atoms with Crippen LogP contribution in [0, 0.1) is 5.92 Å². The van der Waals surface area contributed by atoms with Crippen LogP contribution >= 0.6 is 0 Å². The molecule has 1 aromatic carbocycles.